The molecular formula is C29H36N6O2. The monoisotopic (exact) mass is 500 g/mol. The van der Waals surface area contributed by atoms with E-state index in [1.807, 2.05) is 47.5 Å². The van der Waals surface area contributed by atoms with Gasteiger partial charge in [0, 0.05) is 30.2 Å². The van der Waals surface area contributed by atoms with E-state index in [2.05, 4.69) is 27.7 Å². The molecule has 0 radical (unpaired) electrons. The largest absolute Gasteiger partial charge is 0.383 e. The van der Waals surface area contributed by atoms with E-state index in [9.17, 15) is 9.59 Å². The first-order valence-corrected chi connectivity index (χ1v) is 13.2. The summed E-state index contributed by atoms with van der Waals surface area (Å²) < 4.78 is 0. The fourth-order valence-corrected chi connectivity index (χ4v) is 5.70. The number of carbonyl (C=O) groups excluding carboxylic acids is 2. The van der Waals surface area contributed by atoms with Crippen LogP contribution in [-0.2, 0) is 4.79 Å². The Morgan fingerprint density at radius 2 is 1.62 bits per heavy atom. The van der Waals surface area contributed by atoms with Crippen molar-refractivity contribution in [2.75, 3.05) is 39.0 Å². The van der Waals surface area contributed by atoms with Crippen molar-refractivity contribution in [2.24, 2.45) is 11.8 Å². The number of pyridine rings is 1. The summed E-state index contributed by atoms with van der Waals surface area (Å²) in [5.74, 6) is 1.31. The lowest BCUT2D eigenvalue weighted by atomic mass is 9.79. The van der Waals surface area contributed by atoms with Crippen molar-refractivity contribution in [1.82, 2.24) is 25.6 Å². The highest BCUT2D eigenvalue weighted by molar-refractivity contribution is 6.02. The number of fused-ring (bicyclic) bond motifs is 1. The van der Waals surface area contributed by atoms with E-state index in [1.165, 1.54) is 25.9 Å². The van der Waals surface area contributed by atoms with Crippen molar-refractivity contribution < 1.29 is 9.59 Å². The predicted octanol–water partition coefficient (Wildman–Crippen LogP) is 3.37. The number of hydrazine groups is 1. The molecule has 2 fully saturated rings. The molecule has 2 amide bonds. The van der Waals surface area contributed by atoms with Crippen LogP contribution in [0, 0.1) is 11.8 Å². The molecule has 0 spiro atoms. The van der Waals surface area contributed by atoms with Gasteiger partial charge in [0.05, 0.1) is 0 Å². The van der Waals surface area contributed by atoms with Crippen LogP contribution in [0.5, 0.6) is 0 Å². The van der Waals surface area contributed by atoms with Crippen LogP contribution in [0.1, 0.15) is 47.6 Å². The van der Waals surface area contributed by atoms with Gasteiger partial charge in [-0.25, -0.2) is 9.99 Å². The average Bonchev–Trinajstić information content (AvgIpc) is 2.93. The zero-order valence-corrected chi connectivity index (χ0v) is 21.4. The van der Waals surface area contributed by atoms with Crippen molar-refractivity contribution in [3.8, 4) is 0 Å². The Kier molecular flexibility index (Phi) is 7.67. The third-order valence-corrected chi connectivity index (χ3v) is 7.97. The van der Waals surface area contributed by atoms with E-state index in [4.69, 9.17) is 5.73 Å². The molecule has 3 aromatic rings. The standard InChI is InChI=1S/C29H36N6O2/c1-34-15-10-20(11-16-34)21-12-17-35(18-13-21)33-29(37)26(23-5-3-2-4-6-23)32-28(36)24-8-7-22-9-14-31-27(30)25(22)19-24/h2-9,14,19-21,26H,10-13,15-18H2,1H3,(H2,30,31)(H,32,36)(H,33,37)/t26-/m1/s1. The lowest BCUT2D eigenvalue weighted by Gasteiger charge is -2.39. The summed E-state index contributed by atoms with van der Waals surface area (Å²) in [5, 5.41) is 6.58. The number of carbonyl (C=O) groups is 2. The van der Waals surface area contributed by atoms with E-state index >= 15 is 0 Å². The summed E-state index contributed by atoms with van der Waals surface area (Å²) in [6.45, 7) is 4.02. The first-order chi connectivity index (χ1) is 18.0. The quantitative estimate of drug-likeness (QED) is 0.480. The first kappa shape index (κ1) is 25.2. The van der Waals surface area contributed by atoms with Gasteiger partial charge in [0.1, 0.15) is 11.9 Å². The third-order valence-electron chi connectivity index (χ3n) is 7.97. The lowest BCUT2D eigenvalue weighted by molar-refractivity contribution is -0.129. The highest BCUT2D eigenvalue weighted by Crippen LogP contribution is 2.32. The van der Waals surface area contributed by atoms with Gasteiger partial charge in [-0.2, -0.15) is 0 Å². The normalized spacial score (nSPS) is 18.9. The highest BCUT2D eigenvalue weighted by Gasteiger charge is 2.31. The molecule has 5 rings (SSSR count). The van der Waals surface area contributed by atoms with E-state index in [0.29, 0.717) is 16.8 Å². The number of nitrogens with two attached hydrogens (primary N) is 1. The van der Waals surface area contributed by atoms with Crippen LogP contribution in [0.15, 0.2) is 60.8 Å². The van der Waals surface area contributed by atoms with Crippen LogP contribution < -0.4 is 16.5 Å². The van der Waals surface area contributed by atoms with Gasteiger partial charge in [-0.05, 0) is 86.8 Å². The predicted molar refractivity (Wildman–Crippen MR) is 145 cm³/mol. The van der Waals surface area contributed by atoms with Crippen molar-refractivity contribution in [1.29, 1.82) is 0 Å². The van der Waals surface area contributed by atoms with Crippen LogP contribution in [0.2, 0.25) is 0 Å². The number of amides is 2. The maximum atomic E-state index is 13.5. The third kappa shape index (κ3) is 5.92. The molecule has 2 aliphatic heterocycles. The number of hydrogen-bond acceptors (Lipinski definition) is 6. The summed E-state index contributed by atoms with van der Waals surface area (Å²) >= 11 is 0. The molecule has 3 heterocycles. The highest BCUT2D eigenvalue weighted by atomic mass is 16.2. The van der Waals surface area contributed by atoms with Crippen molar-refractivity contribution in [3.05, 3.63) is 71.9 Å². The summed E-state index contributed by atoms with van der Waals surface area (Å²) in [6, 6.07) is 15.7. The molecule has 1 atom stereocenters. The van der Waals surface area contributed by atoms with Gasteiger partial charge >= 0.3 is 0 Å². The van der Waals surface area contributed by atoms with Gasteiger partial charge in [-0.15, -0.1) is 0 Å². The Balaban J connectivity index is 1.25. The number of anilines is 1. The van der Waals surface area contributed by atoms with E-state index in [-0.39, 0.29) is 11.8 Å². The zero-order chi connectivity index (χ0) is 25.8. The van der Waals surface area contributed by atoms with E-state index in [1.54, 1.807) is 18.3 Å². The van der Waals surface area contributed by atoms with Gasteiger partial charge in [0.2, 0.25) is 0 Å². The Bertz CT molecular complexity index is 1230. The molecule has 37 heavy (non-hydrogen) atoms. The van der Waals surface area contributed by atoms with Crippen molar-refractivity contribution in [2.45, 2.75) is 31.7 Å². The molecule has 0 aliphatic carbocycles. The molecule has 0 bridgehead atoms. The summed E-state index contributed by atoms with van der Waals surface area (Å²) in [5.41, 5.74) is 10.3. The van der Waals surface area contributed by atoms with E-state index in [0.717, 1.165) is 48.7 Å². The molecule has 0 unspecified atom stereocenters. The molecule has 2 aliphatic rings. The van der Waals surface area contributed by atoms with Crippen molar-refractivity contribution in [3.63, 3.8) is 0 Å². The molecule has 0 saturated carbocycles. The van der Waals surface area contributed by atoms with Gasteiger partial charge in [-0.3, -0.25) is 15.0 Å². The minimum Gasteiger partial charge on any atom is -0.383 e. The fraction of sp³-hybridized carbons (Fsp3) is 0.414. The molecule has 194 valence electrons. The second-order valence-corrected chi connectivity index (χ2v) is 10.4. The van der Waals surface area contributed by atoms with Crippen LogP contribution in [0.4, 0.5) is 5.82 Å². The number of piperidine rings is 2. The number of nitrogens with zero attached hydrogens (tertiary/aromatic N) is 3. The Morgan fingerprint density at radius 1 is 0.946 bits per heavy atom. The molecule has 2 aromatic carbocycles. The molecule has 8 heteroatoms. The SMILES string of the molecule is CN1CCC(C2CCN(NC(=O)[C@H](NC(=O)c3ccc4ccnc(N)c4c3)c3ccccc3)CC2)CC1. The molecule has 1 aromatic heterocycles. The Hall–Kier alpha value is -3.49. The maximum absolute atomic E-state index is 13.5. The van der Waals surface area contributed by atoms with Gasteiger partial charge in [0.25, 0.3) is 11.8 Å². The number of nitrogens with one attached hydrogen (secondary N) is 2. The molecule has 2 saturated heterocycles. The second-order valence-electron chi connectivity index (χ2n) is 10.4. The molecular weight excluding hydrogens is 464 g/mol. The van der Waals surface area contributed by atoms with Crippen LogP contribution in [0.25, 0.3) is 10.8 Å². The summed E-state index contributed by atoms with van der Waals surface area (Å²) in [4.78, 5) is 33.2. The number of rotatable bonds is 6. The molecule has 8 nitrogen and oxygen atoms in total. The summed E-state index contributed by atoms with van der Waals surface area (Å²) in [7, 11) is 2.20. The lowest BCUT2D eigenvalue weighted by Crippen LogP contribution is -2.51. The van der Waals surface area contributed by atoms with E-state index < -0.39 is 6.04 Å². The Morgan fingerprint density at radius 3 is 2.32 bits per heavy atom. The van der Waals surface area contributed by atoms with Crippen molar-refractivity contribution >= 4 is 28.4 Å². The minimum absolute atomic E-state index is 0.237. The van der Waals surface area contributed by atoms with Gasteiger partial charge < -0.3 is 16.0 Å². The van der Waals surface area contributed by atoms with Gasteiger partial charge in [-0.1, -0.05) is 36.4 Å². The van der Waals surface area contributed by atoms with Crippen LogP contribution >= 0.6 is 0 Å². The van der Waals surface area contributed by atoms with Crippen LogP contribution in [0.3, 0.4) is 0 Å². The van der Waals surface area contributed by atoms with Gasteiger partial charge in [0.15, 0.2) is 0 Å². The number of hydrogen-bond donors (Lipinski definition) is 3. The Labute approximate surface area is 218 Å². The number of aromatic nitrogens is 1. The maximum Gasteiger partial charge on any atom is 0.261 e. The topological polar surface area (TPSA) is 104 Å². The number of benzene rings is 2. The second kappa shape index (κ2) is 11.3. The smallest absolute Gasteiger partial charge is 0.261 e. The zero-order valence-electron chi connectivity index (χ0n) is 21.4. The fourth-order valence-electron chi connectivity index (χ4n) is 5.70. The number of nitrogen functional groups attached to an aromatic ring is 1. The summed E-state index contributed by atoms with van der Waals surface area (Å²) in [6.07, 6.45) is 6.36. The average molecular weight is 501 g/mol. The first-order valence-electron chi connectivity index (χ1n) is 13.2. The number of likely N-dealkylation sites (tertiary alicyclic amines) is 1. The molecule has 4 N–H and O–H groups in total. The van der Waals surface area contributed by atoms with Crippen LogP contribution in [-0.4, -0.2) is 59.9 Å². The minimum atomic E-state index is -0.817.